The minimum atomic E-state index is 0.334. The smallest absolute Gasteiger partial charge is 0.136 e. The SMILES string of the molecule is CN1CCC(=O)CC1c1cccs1. The van der Waals surface area contributed by atoms with Gasteiger partial charge >= 0.3 is 0 Å². The Morgan fingerprint density at radius 2 is 2.46 bits per heavy atom. The average molecular weight is 195 g/mol. The van der Waals surface area contributed by atoms with Crippen LogP contribution in [0.3, 0.4) is 0 Å². The number of Topliss-reactive ketones (excluding diaryl/α,β-unsaturated/α-hetero) is 1. The first-order valence-corrected chi connectivity index (χ1v) is 5.40. The molecule has 1 aromatic rings. The monoisotopic (exact) mass is 195 g/mol. The van der Waals surface area contributed by atoms with Gasteiger partial charge < -0.3 is 0 Å². The number of likely N-dealkylation sites (tertiary alicyclic amines) is 1. The summed E-state index contributed by atoms with van der Waals surface area (Å²) in [6, 6.07) is 4.50. The van der Waals surface area contributed by atoms with Crippen LogP contribution in [-0.4, -0.2) is 24.3 Å². The summed E-state index contributed by atoms with van der Waals surface area (Å²) < 4.78 is 0. The second kappa shape index (κ2) is 3.60. The highest BCUT2D eigenvalue weighted by molar-refractivity contribution is 7.10. The quantitative estimate of drug-likeness (QED) is 0.684. The van der Waals surface area contributed by atoms with E-state index in [2.05, 4.69) is 23.4 Å². The van der Waals surface area contributed by atoms with Crippen molar-refractivity contribution in [2.45, 2.75) is 18.9 Å². The van der Waals surface area contributed by atoms with Gasteiger partial charge in [0.05, 0.1) is 6.04 Å². The summed E-state index contributed by atoms with van der Waals surface area (Å²) in [4.78, 5) is 14.9. The Morgan fingerprint density at radius 3 is 3.15 bits per heavy atom. The molecule has 0 aliphatic carbocycles. The van der Waals surface area contributed by atoms with E-state index in [-0.39, 0.29) is 0 Å². The van der Waals surface area contributed by atoms with Crippen molar-refractivity contribution in [3.8, 4) is 0 Å². The van der Waals surface area contributed by atoms with Crippen molar-refractivity contribution < 1.29 is 4.79 Å². The Balaban J connectivity index is 2.17. The van der Waals surface area contributed by atoms with Crippen LogP contribution in [0.5, 0.6) is 0 Å². The molecule has 0 aromatic carbocycles. The third-order valence-electron chi connectivity index (χ3n) is 2.57. The molecule has 1 unspecified atom stereocenters. The van der Waals surface area contributed by atoms with Crippen molar-refractivity contribution in [2.24, 2.45) is 0 Å². The lowest BCUT2D eigenvalue weighted by Gasteiger charge is -2.30. The van der Waals surface area contributed by atoms with Gasteiger partial charge in [-0.05, 0) is 18.5 Å². The van der Waals surface area contributed by atoms with E-state index in [1.165, 1.54) is 4.88 Å². The normalized spacial score (nSPS) is 25.0. The van der Waals surface area contributed by atoms with E-state index < -0.39 is 0 Å². The maximum atomic E-state index is 11.3. The van der Waals surface area contributed by atoms with Crippen LogP contribution in [0.15, 0.2) is 17.5 Å². The van der Waals surface area contributed by atoms with Crippen LogP contribution >= 0.6 is 11.3 Å². The molecule has 0 radical (unpaired) electrons. The number of rotatable bonds is 1. The van der Waals surface area contributed by atoms with Gasteiger partial charge in [-0.15, -0.1) is 11.3 Å². The number of hydrogen-bond acceptors (Lipinski definition) is 3. The number of piperidine rings is 1. The molecule has 0 spiro atoms. The molecule has 70 valence electrons. The molecule has 0 N–H and O–H groups in total. The van der Waals surface area contributed by atoms with Gasteiger partial charge in [0.25, 0.3) is 0 Å². The first-order valence-electron chi connectivity index (χ1n) is 4.52. The van der Waals surface area contributed by atoms with Crippen LogP contribution in [0.2, 0.25) is 0 Å². The molecule has 0 bridgehead atoms. The predicted molar refractivity (Wildman–Crippen MR) is 53.9 cm³/mol. The van der Waals surface area contributed by atoms with Crippen LogP contribution in [0, 0.1) is 0 Å². The van der Waals surface area contributed by atoms with Gasteiger partial charge in [0.2, 0.25) is 0 Å². The highest BCUT2D eigenvalue weighted by atomic mass is 32.1. The highest BCUT2D eigenvalue weighted by Gasteiger charge is 2.25. The van der Waals surface area contributed by atoms with E-state index >= 15 is 0 Å². The second-order valence-corrected chi connectivity index (χ2v) is 4.48. The van der Waals surface area contributed by atoms with Crippen molar-refractivity contribution in [1.82, 2.24) is 4.90 Å². The summed E-state index contributed by atoms with van der Waals surface area (Å²) in [7, 11) is 2.09. The molecule has 1 saturated heterocycles. The molecule has 3 heteroatoms. The van der Waals surface area contributed by atoms with Crippen molar-refractivity contribution in [3.63, 3.8) is 0 Å². The van der Waals surface area contributed by atoms with Gasteiger partial charge in [0.15, 0.2) is 0 Å². The molecular formula is C10H13NOS. The molecule has 2 nitrogen and oxygen atoms in total. The Hall–Kier alpha value is -0.670. The first-order chi connectivity index (χ1) is 6.27. The van der Waals surface area contributed by atoms with Crippen LogP contribution in [0.25, 0.3) is 0 Å². The summed E-state index contributed by atoms with van der Waals surface area (Å²) in [6.45, 7) is 0.904. The maximum absolute atomic E-state index is 11.3. The number of carbonyl (C=O) groups excluding carboxylic acids is 1. The summed E-state index contributed by atoms with van der Waals surface area (Å²) in [5, 5.41) is 2.07. The summed E-state index contributed by atoms with van der Waals surface area (Å²) in [5.41, 5.74) is 0. The fraction of sp³-hybridized carbons (Fsp3) is 0.500. The van der Waals surface area contributed by atoms with E-state index in [1.54, 1.807) is 11.3 Å². The zero-order chi connectivity index (χ0) is 9.26. The third-order valence-corrected chi connectivity index (χ3v) is 3.54. The molecule has 1 aliphatic rings. The fourth-order valence-electron chi connectivity index (χ4n) is 1.73. The molecule has 0 saturated carbocycles. The number of ketones is 1. The zero-order valence-electron chi connectivity index (χ0n) is 7.69. The van der Waals surface area contributed by atoms with Crippen molar-refractivity contribution in [3.05, 3.63) is 22.4 Å². The molecule has 1 fully saturated rings. The molecule has 1 atom stereocenters. The average Bonchev–Trinajstić information content (AvgIpc) is 2.61. The molecule has 1 aliphatic heterocycles. The minimum Gasteiger partial charge on any atom is -0.300 e. The lowest BCUT2D eigenvalue weighted by atomic mass is 10.0. The van der Waals surface area contributed by atoms with E-state index in [1.807, 2.05) is 6.07 Å². The lowest BCUT2D eigenvalue weighted by molar-refractivity contribution is -0.122. The topological polar surface area (TPSA) is 20.3 Å². The third kappa shape index (κ3) is 1.81. The van der Waals surface area contributed by atoms with Crippen LogP contribution < -0.4 is 0 Å². The van der Waals surface area contributed by atoms with Gasteiger partial charge in [-0.2, -0.15) is 0 Å². The van der Waals surface area contributed by atoms with Crippen LogP contribution in [-0.2, 0) is 4.79 Å². The second-order valence-electron chi connectivity index (χ2n) is 3.50. The van der Waals surface area contributed by atoms with Gasteiger partial charge in [-0.25, -0.2) is 0 Å². The molecule has 0 amide bonds. The van der Waals surface area contributed by atoms with Crippen LogP contribution in [0.1, 0.15) is 23.8 Å². The number of hydrogen-bond donors (Lipinski definition) is 0. The Kier molecular flexibility index (Phi) is 2.47. The molecular weight excluding hydrogens is 182 g/mol. The summed E-state index contributed by atoms with van der Waals surface area (Å²) in [6.07, 6.45) is 1.41. The molecule has 2 rings (SSSR count). The molecule has 2 heterocycles. The minimum absolute atomic E-state index is 0.334. The van der Waals surface area contributed by atoms with Crippen molar-refractivity contribution in [1.29, 1.82) is 0 Å². The zero-order valence-corrected chi connectivity index (χ0v) is 8.51. The van der Waals surface area contributed by atoms with Gasteiger partial charge in [-0.1, -0.05) is 6.07 Å². The van der Waals surface area contributed by atoms with Gasteiger partial charge in [-0.3, -0.25) is 9.69 Å². The van der Waals surface area contributed by atoms with Gasteiger partial charge in [0, 0.05) is 24.3 Å². The predicted octanol–water partition coefficient (Wildman–Crippen LogP) is 2.08. The number of thiophene rings is 1. The van der Waals surface area contributed by atoms with Gasteiger partial charge in [0.1, 0.15) is 5.78 Å². The molecule has 1 aromatic heterocycles. The van der Waals surface area contributed by atoms with E-state index in [9.17, 15) is 4.79 Å². The first kappa shape index (κ1) is 8.91. The van der Waals surface area contributed by atoms with Crippen LogP contribution in [0.4, 0.5) is 0 Å². The van der Waals surface area contributed by atoms with E-state index in [0.29, 0.717) is 18.2 Å². The maximum Gasteiger partial charge on any atom is 0.136 e. The highest BCUT2D eigenvalue weighted by Crippen LogP contribution is 2.30. The Morgan fingerprint density at radius 1 is 1.62 bits per heavy atom. The Labute approximate surface area is 82.2 Å². The fourth-order valence-corrected chi connectivity index (χ4v) is 2.62. The van der Waals surface area contributed by atoms with Crippen molar-refractivity contribution >= 4 is 17.1 Å². The number of carbonyl (C=O) groups is 1. The summed E-state index contributed by atoms with van der Waals surface area (Å²) in [5.74, 6) is 0.400. The Bertz CT molecular complexity index is 294. The summed E-state index contributed by atoms with van der Waals surface area (Å²) >= 11 is 1.74. The number of nitrogens with zero attached hydrogens (tertiary/aromatic N) is 1. The van der Waals surface area contributed by atoms with E-state index in [4.69, 9.17) is 0 Å². The van der Waals surface area contributed by atoms with Crippen molar-refractivity contribution in [2.75, 3.05) is 13.6 Å². The standard InChI is InChI=1S/C10H13NOS/c1-11-5-4-8(12)7-9(11)10-3-2-6-13-10/h2-3,6,9H,4-5,7H2,1H3. The lowest BCUT2D eigenvalue weighted by Crippen LogP contribution is -2.33. The van der Waals surface area contributed by atoms with E-state index in [0.717, 1.165) is 13.0 Å². The molecule has 13 heavy (non-hydrogen) atoms. The largest absolute Gasteiger partial charge is 0.300 e.